The van der Waals surface area contributed by atoms with Crippen molar-refractivity contribution in [3.63, 3.8) is 0 Å². The maximum atomic E-state index is 6.04. The minimum atomic E-state index is 0. The quantitative estimate of drug-likeness (QED) is 0.851. The molecule has 1 saturated carbocycles. The summed E-state index contributed by atoms with van der Waals surface area (Å²) in [6.45, 7) is 6.07. The average Bonchev–Trinajstić information content (AvgIpc) is 2.38. The van der Waals surface area contributed by atoms with E-state index in [-0.39, 0.29) is 12.4 Å². The van der Waals surface area contributed by atoms with Crippen molar-refractivity contribution >= 4 is 12.4 Å². The molecular formula is C15H31ClN2. The van der Waals surface area contributed by atoms with Crippen molar-refractivity contribution in [1.29, 1.82) is 0 Å². The Morgan fingerprint density at radius 3 is 2.50 bits per heavy atom. The second-order valence-corrected chi connectivity index (χ2v) is 6.35. The van der Waals surface area contributed by atoms with Crippen molar-refractivity contribution in [2.45, 2.75) is 64.3 Å². The molecule has 2 nitrogen and oxygen atoms in total. The first-order valence-corrected chi connectivity index (χ1v) is 7.73. The van der Waals surface area contributed by atoms with E-state index in [2.05, 4.69) is 11.8 Å². The minimum absolute atomic E-state index is 0. The highest BCUT2D eigenvalue weighted by molar-refractivity contribution is 5.85. The van der Waals surface area contributed by atoms with Crippen LogP contribution in [-0.2, 0) is 0 Å². The molecule has 0 radical (unpaired) electrons. The summed E-state index contributed by atoms with van der Waals surface area (Å²) in [4.78, 5) is 2.67. The van der Waals surface area contributed by atoms with E-state index >= 15 is 0 Å². The number of hydrogen-bond donors (Lipinski definition) is 1. The third-order valence-corrected chi connectivity index (χ3v) is 4.86. The van der Waals surface area contributed by atoms with Crippen molar-refractivity contribution in [3.05, 3.63) is 0 Å². The van der Waals surface area contributed by atoms with Gasteiger partial charge in [-0.3, -0.25) is 0 Å². The van der Waals surface area contributed by atoms with Crippen LogP contribution in [0.2, 0.25) is 0 Å². The molecule has 2 rings (SSSR count). The number of nitrogens with two attached hydrogens (primary N) is 1. The Morgan fingerprint density at radius 1 is 1.11 bits per heavy atom. The van der Waals surface area contributed by atoms with Gasteiger partial charge >= 0.3 is 0 Å². The van der Waals surface area contributed by atoms with Crippen molar-refractivity contribution in [1.82, 2.24) is 4.90 Å². The summed E-state index contributed by atoms with van der Waals surface area (Å²) in [7, 11) is 0. The van der Waals surface area contributed by atoms with Gasteiger partial charge in [-0.2, -0.15) is 0 Å². The summed E-state index contributed by atoms with van der Waals surface area (Å²) in [6, 6.07) is 0.382. The predicted octanol–water partition coefficient (Wildman–Crippen LogP) is 3.44. The van der Waals surface area contributed by atoms with E-state index in [1.54, 1.807) is 0 Å². The van der Waals surface area contributed by atoms with Gasteiger partial charge < -0.3 is 10.6 Å². The van der Waals surface area contributed by atoms with Gasteiger partial charge in [0.2, 0.25) is 0 Å². The maximum absolute atomic E-state index is 6.04. The van der Waals surface area contributed by atoms with Gasteiger partial charge in [-0.15, -0.1) is 12.4 Å². The number of hydrogen-bond acceptors (Lipinski definition) is 2. The summed E-state index contributed by atoms with van der Waals surface area (Å²) < 4.78 is 0. The molecule has 0 aromatic heterocycles. The zero-order chi connectivity index (χ0) is 12.1. The summed E-state index contributed by atoms with van der Waals surface area (Å²) in [5.74, 6) is 1.77. The standard InChI is InChI=1S/C15H30N2.ClH/c1-13(16)15-8-5-10-17(12-15)11-9-14-6-3-2-4-7-14;/h13-15H,2-12,16H2,1H3;1H. The molecule has 0 spiro atoms. The van der Waals surface area contributed by atoms with Gasteiger partial charge in [0.05, 0.1) is 0 Å². The molecule has 2 N–H and O–H groups in total. The van der Waals surface area contributed by atoms with Crippen LogP contribution < -0.4 is 5.73 Å². The molecule has 1 heterocycles. The number of nitrogens with zero attached hydrogens (tertiary/aromatic N) is 1. The molecular weight excluding hydrogens is 244 g/mol. The zero-order valence-electron chi connectivity index (χ0n) is 11.9. The molecule has 1 aliphatic carbocycles. The highest BCUT2D eigenvalue weighted by Crippen LogP contribution is 2.27. The molecule has 0 bridgehead atoms. The zero-order valence-corrected chi connectivity index (χ0v) is 12.8. The normalized spacial score (nSPS) is 28.7. The Morgan fingerprint density at radius 2 is 1.83 bits per heavy atom. The Hall–Kier alpha value is 0.210. The SMILES string of the molecule is CC(N)C1CCCN(CCC2CCCCC2)C1.Cl. The van der Waals surface area contributed by atoms with Gasteiger partial charge in [-0.25, -0.2) is 0 Å². The van der Waals surface area contributed by atoms with E-state index in [9.17, 15) is 0 Å². The fourth-order valence-corrected chi connectivity index (χ4v) is 3.56. The second-order valence-electron chi connectivity index (χ2n) is 6.35. The smallest absolute Gasteiger partial charge is 0.00509 e. The summed E-state index contributed by atoms with van der Waals surface area (Å²) in [5.41, 5.74) is 6.04. The molecule has 18 heavy (non-hydrogen) atoms. The lowest BCUT2D eigenvalue weighted by Gasteiger charge is -2.35. The molecule has 0 aromatic rings. The summed E-state index contributed by atoms with van der Waals surface area (Å²) >= 11 is 0. The van der Waals surface area contributed by atoms with Crippen molar-refractivity contribution in [3.8, 4) is 0 Å². The lowest BCUT2D eigenvalue weighted by molar-refractivity contribution is 0.147. The van der Waals surface area contributed by atoms with Crippen LogP contribution in [0, 0.1) is 11.8 Å². The van der Waals surface area contributed by atoms with Crippen LogP contribution in [0.1, 0.15) is 58.3 Å². The molecule has 1 aliphatic heterocycles. The topological polar surface area (TPSA) is 29.3 Å². The number of likely N-dealkylation sites (tertiary alicyclic amines) is 1. The highest BCUT2D eigenvalue weighted by atomic mass is 35.5. The largest absolute Gasteiger partial charge is 0.328 e. The van der Waals surface area contributed by atoms with Gasteiger partial charge in [-0.05, 0) is 51.1 Å². The fraction of sp³-hybridized carbons (Fsp3) is 1.00. The molecule has 2 unspecified atom stereocenters. The van der Waals surface area contributed by atoms with Gasteiger partial charge in [0.1, 0.15) is 0 Å². The van der Waals surface area contributed by atoms with Crippen molar-refractivity contribution in [2.24, 2.45) is 17.6 Å². The molecule has 108 valence electrons. The first-order chi connectivity index (χ1) is 8.25. The summed E-state index contributed by atoms with van der Waals surface area (Å²) in [5, 5.41) is 0. The van der Waals surface area contributed by atoms with E-state index in [1.807, 2.05) is 0 Å². The Balaban J connectivity index is 0.00000162. The lowest BCUT2D eigenvalue weighted by atomic mass is 9.86. The molecule has 2 atom stereocenters. The predicted molar refractivity (Wildman–Crippen MR) is 81.3 cm³/mol. The first kappa shape index (κ1) is 16.3. The maximum Gasteiger partial charge on any atom is 0.00509 e. The molecule has 0 aromatic carbocycles. The number of piperidine rings is 1. The molecule has 2 fully saturated rings. The lowest BCUT2D eigenvalue weighted by Crippen LogP contribution is -2.43. The van der Waals surface area contributed by atoms with Crippen LogP contribution in [-0.4, -0.2) is 30.6 Å². The van der Waals surface area contributed by atoms with Crippen molar-refractivity contribution < 1.29 is 0 Å². The number of halogens is 1. The Bertz CT molecular complexity index is 215. The van der Waals surface area contributed by atoms with Gasteiger partial charge in [-0.1, -0.05) is 32.1 Å². The van der Waals surface area contributed by atoms with E-state index in [4.69, 9.17) is 5.73 Å². The Kier molecular flexibility index (Phi) is 7.59. The summed E-state index contributed by atoms with van der Waals surface area (Å²) in [6.07, 6.45) is 11.6. The van der Waals surface area contributed by atoms with Gasteiger partial charge in [0.25, 0.3) is 0 Å². The Labute approximate surface area is 119 Å². The van der Waals surface area contributed by atoms with Crippen LogP contribution in [0.25, 0.3) is 0 Å². The van der Waals surface area contributed by atoms with Crippen LogP contribution >= 0.6 is 12.4 Å². The van der Waals surface area contributed by atoms with E-state index in [0.29, 0.717) is 6.04 Å². The van der Waals surface area contributed by atoms with Gasteiger partial charge in [0, 0.05) is 12.6 Å². The van der Waals surface area contributed by atoms with Crippen LogP contribution in [0.3, 0.4) is 0 Å². The highest BCUT2D eigenvalue weighted by Gasteiger charge is 2.23. The number of rotatable bonds is 4. The van der Waals surface area contributed by atoms with Gasteiger partial charge in [0.15, 0.2) is 0 Å². The molecule has 3 heteroatoms. The minimum Gasteiger partial charge on any atom is -0.328 e. The third kappa shape index (κ3) is 5.07. The van der Waals surface area contributed by atoms with Crippen LogP contribution in [0.5, 0.6) is 0 Å². The fourth-order valence-electron chi connectivity index (χ4n) is 3.56. The second kappa shape index (κ2) is 8.39. The molecule has 1 saturated heterocycles. The first-order valence-electron chi connectivity index (χ1n) is 7.73. The van der Waals surface area contributed by atoms with E-state index in [1.165, 1.54) is 71.0 Å². The molecule has 2 aliphatic rings. The third-order valence-electron chi connectivity index (χ3n) is 4.86. The monoisotopic (exact) mass is 274 g/mol. The van der Waals surface area contributed by atoms with Crippen LogP contribution in [0.15, 0.2) is 0 Å². The average molecular weight is 275 g/mol. The molecule has 0 amide bonds. The van der Waals surface area contributed by atoms with Crippen LogP contribution in [0.4, 0.5) is 0 Å². The van der Waals surface area contributed by atoms with E-state index in [0.717, 1.165) is 11.8 Å². The van der Waals surface area contributed by atoms with E-state index < -0.39 is 0 Å². The van der Waals surface area contributed by atoms with Crippen molar-refractivity contribution in [2.75, 3.05) is 19.6 Å².